The van der Waals surface area contributed by atoms with E-state index in [1.165, 1.54) is 18.2 Å². The largest absolute Gasteiger partial charge is 0.389 e. The normalized spacial score (nSPS) is 13.4. The highest BCUT2D eigenvalue weighted by Crippen LogP contribution is 2.21. The molecule has 0 radical (unpaired) electrons. The molecule has 1 nitrogen and oxygen atoms in total. The molecule has 1 unspecified atom stereocenters. The van der Waals surface area contributed by atoms with E-state index in [1.807, 2.05) is 0 Å². The van der Waals surface area contributed by atoms with Gasteiger partial charge in [-0.15, -0.1) is 0 Å². The van der Waals surface area contributed by atoms with Crippen LogP contribution in [0.4, 0.5) is 8.78 Å². The van der Waals surface area contributed by atoms with Crippen molar-refractivity contribution in [2.24, 2.45) is 0 Å². The first-order valence-corrected chi connectivity index (χ1v) is 3.67. The highest BCUT2D eigenvalue weighted by molar-refractivity contribution is 5.25. The molecule has 0 fully saturated rings. The first kappa shape index (κ1) is 9.13. The standard InChI is InChI=1S/C9H10F2O/c1-6(12)7-3-2-4-8(5-7)9(10)11/h2-6,9,12H,1H3. The van der Waals surface area contributed by atoms with Crippen molar-refractivity contribution in [3.63, 3.8) is 0 Å². The van der Waals surface area contributed by atoms with Crippen LogP contribution in [0.2, 0.25) is 0 Å². The van der Waals surface area contributed by atoms with Crippen molar-refractivity contribution in [3.8, 4) is 0 Å². The Kier molecular flexibility index (Phi) is 2.76. The zero-order chi connectivity index (χ0) is 9.14. The zero-order valence-corrected chi connectivity index (χ0v) is 6.67. The van der Waals surface area contributed by atoms with Gasteiger partial charge in [0.25, 0.3) is 6.43 Å². The van der Waals surface area contributed by atoms with Crippen LogP contribution in [-0.4, -0.2) is 5.11 Å². The highest BCUT2D eigenvalue weighted by Gasteiger charge is 2.08. The van der Waals surface area contributed by atoms with Crippen molar-refractivity contribution in [2.75, 3.05) is 0 Å². The summed E-state index contributed by atoms with van der Waals surface area (Å²) in [5, 5.41) is 9.09. The van der Waals surface area contributed by atoms with E-state index in [4.69, 9.17) is 5.11 Å². The van der Waals surface area contributed by atoms with E-state index in [1.54, 1.807) is 13.0 Å². The molecule has 0 aliphatic rings. The van der Waals surface area contributed by atoms with Gasteiger partial charge in [-0.3, -0.25) is 0 Å². The maximum atomic E-state index is 12.1. The third-order valence-corrected chi connectivity index (χ3v) is 1.65. The minimum Gasteiger partial charge on any atom is -0.389 e. The lowest BCUT2D eigenvalue weighted by atomic mass is 10.1. The molecule has 1 aromatic rings. The quantitative estimate of drug-likeness (QED) is 0.727. The molecule has 0 aromatic heterocycles. The predicted octanol–water partition coefficient (Wildman–Crippen LogP) is 2.68. The van der Waals surface area contributed by atoms with Gasteiger partial charge in [0.15, 0.2) is 0 Å². The topological polar surface area (TPSA) is 20.2 Å². The summed E-state index contributed by atoms with van der Waals surface area (Å²) in [5.74, 6) is 0. The molecule has 0 saturated heterocycles. The van der Waals surface area contributed by atoms with E-state index in [0.29, 0.717) is 5.56 Å². The maximum absolute atomic E-state index is 12.1. The molecule has 66 valence electrons. The number of alkyl halides is 2. The van der Waals surface area contributed by atoms with Gasteiger partial charge >= 0.3 is 0 Å². The van der Waals surface area contributed by atoms with Crippen molar-refractivity contribution in [2.45, 2.75) is 19.5 Å². The zero-order valence-electron chi connectivity index (χ0n) is 6.67. The number of aliphatic hydroxyl groups excluding tert-OH is 1. The summed E-state index contributed by atoms with van der Waals surface area (Å²) in [5.41, 5.74) is 0.473. The summed E-state index contributed by atoms with van der Waals surface area (Å²) in [7, 11) is 0. The van der Waals surface area contributed by atoms with Crippen molar-refractivity contribution in [3.05, 3.63) is 35.4 Å². The van der Waals surface area contributed by atoms with Gasteiger partial charge in [-0.2, -0.15) is 0 Å². The molecule has 0 amide bonds. The molecule has 12 heavy (non-hydrogen) atoms. The first-order chi connectivity index (χ1) is 5.61. The van der Waals surface area contributed by atoms with Crippen LogP contribution in [0.5, 0.6) is 0 Å². The summed E-state index contributed by atoms with van der Waals surface area (Å²) in [6, 6.07) is 5.80. The Bertz CT molecular complexity index is 235. The fourth-order valence-corrected chi connectivity index (χ4v) is 0.955. The molecule has 0 spiro atoms. The summed E-state index contributed by atoms with van der Waals surface area (Å²) < 4.78 is 24.3. The summed E-state index contributed by atoms with van der Waals surface area (Å²) in [6.07, 6.45) is -3.16. The summed E-state index contributed by atoms with van der Waals surface area (Å²) in [4.78, 5) is 0. The second kappa shape index (κ2) is 3.63. The lowest BCUT2D eigenvalue weighted by Gasteiger charge is -2.06. The molecule has 1 atom stereocenters. The van der Waals surface area contributed by atoms with Crippen molar-refractivity contribution in [1.82, 2.24) is 0 Å². The Labute approximate surface area is 69.7 Å². The van der Waals surface area contributed by atoms with E-state index in [2.05, 4.69) is 0 Å². The van der Waals surface area contributed by atoms with Crippen molar-refractivity contribution >= 4 is 0 Å². The van der Waals surface area contributed by atoms with E-state index < -0.39 is 12.5 Å². The molecule has 0 aliphatic heterocycles. The number of rotatable bonds is 2. The van der Waals surface area contributed by atoms with Crippen LogP contribution in [0, 0.1) is 0 Å². The fraction of sp³-hybridized carbons (Fsp3) is 0.333. The molecule has 0 heterocycles. The summed E-state index contributed by atoms with van der Waals surface area (Å²) in [6.45, 7) is 1.55. The Morgan fingerprint density at radius 3 is 2.33 bits per heavy atom. The van der Waals surface area contributed by atoms with Gasteiger partial charge in [0, 0.05) is 5.56 Å². The Morgan fingerprint density at radius 1 is 1.25 bits per heavy atom. The minimum absolute atomic E-state index is 0.0478. The second-order valence-corrected chi connectivity index (χ2v) is 2.65. The van der Waals surface area contributed by atoms with Crippen LogP contribution in [0.15, 0.2) is 24.3 Å². The molecule has 3 heteroatoms. The van der Waals surface area contributed by atoms with Crippen LogP contribution in [0.25, 0.3) is 0 Å². The number of halogens is 2. The molecule has 1 N–H and O–H groups in total. The van der Waals surface area contributed by atoms with Gasteiger partial charge in [-0.05, 0) is 18.6 Å². The molecular weight excluding hydrogens is 162 g/mol. The van der Waals surface area contributed by atoms with Crippen LogP contribution < -0.4 is 0 Å². The third kappa shape index (κ3) is 2.01. The Balaban J connectivity index is 2.96. The van der Waals surface area contributed by atoms with Gasteiger partial charge in [0.1, 0.15) is 0 Å². The van der Waals surface area contributed by atoms with Crippen LogP contribution in [0.1, 0.15) is 30.6 Å². The lowest BCUT2D eigenvalue weighted by molar-refractivity contribution is 0.150. The molecule has 0 saturated carbocycles. The van der Waals surface area contributed by atoms with E-state index in [0.717, 1.165) is 0 Å². The average Bonchev–Trinajstić information content (AvgIpc) is 2.04. The van der Waals surface area contributed by atoms with E-state index in [-0.39, 0.29) is 5.56 Å². The number of benzene rings is 1. The van der Waals surface area contributed by atoms with Crippen LogP contribution in [0.3, 0.4) is 0 Å². The average molecular weight is 172 g/mol. The minimum atomic E-state index is -2.47. The second-order valence-electron chi connectivity index (χ2n) is 2.65. The molecule has 1 rings (SSSR count). The molecular formula is C9H10F2O. The van der Waals surface area contributed by atoms with Gasteiger partial charge in [0.05, 0.1) is 6.10 Å². The van der Waals surface area contributed by atoms with Crippen LogP contribution >= 0.6 is 0 Å². The van der Waals surface area contributed by atoms with Gasteiger partial charge in [-0.1, -0.05) is 18.2 Å². The monoisotopic (exact) mass is 172 g/mol. The third-order valence-electron chi connectivity index (χ3n) is 1.65. The predicted molar refractivity (Wildman–Crippen MR) is 42.0 cm³/mol. The van der Waals surface area contributed by atoms with Gasteiger partial charge < -0.3 is 5.11 Å². The number of hydrogen-bond acceptors (Lipinski definition) is 1. The number of hydrogen-bond donors (Lipinski definition) is 1. The lowest BCUT2D eigenvalue weighted by Crippen LogP contribution is -1.92. The maximum Gasteiger partial charge on any atom is 0.263 e. The fourth-order valence-electron chi connectivity index (χ4n) is 0.955. The van der Waals surface area contributed by atoms with Crippen LogP contribution in [-0.2, 0) is 0 Å². The SMILES string of the molecule is CC(O)c1cccc(C(F)F)c1. The van der Waals surface area contributed by atoms with E-state index in [9.17, 15) is 8.78 Å². The Hall–Kier alpha value is -0.960. The van der Waals surface area contributed by atoms with E-state index >= 15 is 0 Å². The van der Waals surface area contributed by atoms with Gasteiger partial charge in [0.2, 0.25) is 0 Å². The number of aliphatic hydroxyl groups is 1. The van der Waals surface area contributed by atoms with Crippen molar-refractivity contribution < 1.29 is 13.9 Å². The molecule has 1 aromatic carbocycles. The van der Waals surface area contributed by atoms with Gasteiger partial charge in [-0.25, -0.2) is 8.78 Å². The molecule has 0 aliphatic carbocycles. The summed E-state index contributed by atoms with van der Waals surface area (Å²) >= 11 is 0. The molecule has 0 bridgehead atoms. The highest BCUT2D eigenvalue weighted by atomic mass is 19.3. The Morgan fingerprint density at radius 2 is 1.83 bits per heavy atom. The first-order valence-electron chi connectivity index (χ1n) is 3.67. The van der Waals surface area contributed by atoms with Crippen molar-refractivity contribution in [1.29, 1.82) is 0 Å². The smallest absolute Gasteiger partial charge is 0.263 e.